The summed E-state index contributed by atoms with van der Waals surface area (Å²) in [5.41, 5.74) is 0. The summed E-state index contributed by atoms with van der Waals surface area (Å²) in [6.45, 7) is 4.21. The van der Waals surface area contributed by atoms with Crippen molar-refractivity contribution in [2.45, 2.75) is 70.6 Å². The van der Waals surface area contributed by atoms with Crippen molar-refractivity contribution >= 4 is 5.91 Å². The summed E-state index contributed by atoms with van der Waals surface area (Å²) in [6, 6.07) is 0.584. The van der Waals surface area contributed by atoms with Crippen LogP contribution in [0, 0.1) is 11.8 Å². The molecule has 0 aromatic heterocycles. The molecule has 1 heterocycles. The fourth-order valence-electron chi connectivity index (χ4n) is 4.26. The lowest BCUT2D eigenvalue weighted by molar-refractivity contribution is -0.133. The van der Waals surface area contributed by atoms with E-state index in [1.807, 2.05) is 6.92 Å². The zero-order chi connectivity index (χ0) is 12.0. The average molecular weight is 236 g/mol. The molecular weight excluding hydrogens is 212 g/mol. The van der Waals surface area contributed by atoms with Gasteiger partial charge >= 0.3 is 0 Å². The number of carbonyl (C=O) groups is 1. The zero-order valence-corrected chi connectivity index (χ0v) is 11.0. The molecule has 3 fully saturated rings. The number of nitrogens with zero attached hydrogens (tertiary/aromatic N) is 1. The number of hydrogen-bond acceptors (Lipinski definition) is 2. The number of fused-ring (bicyclic) bond motifs is 2. The van der Waals surface area contributed by atoms with Crippen molar-refractivity contribution in [1.82, 2.24) is 10.2 Å². The lowest BCUT2D eigenvalue weighted by Gasteiger charge is -2.35. The number of carbonyl (C=O) groups excluding carboxylic acids is 1. The lowest BCUT2D eigenvalue weighted by atomic mass is 9.93. The van der Waals surface area contributed by atoms with Crippen LogP contribution >= 0.6 is 0 Å². The fraction of sp³-hybridized carbons (Fsp3) is 0.929. The molecule has 5 unspecified atom stereocenters. The van der Waals surface area contributed by atoms with Crippen molar-refractivity contribution in [1.29, 1.82) is 0 Å². The maximum Gasteiger partial charge on any atom is 0.240 e. The van der Waals surface area contributed by atoms with Crippen molar-refractivity contribution in [3.63, 3.8) is 0 Å². The van der Waals surface area contributed by atoms with Gasteiger partial charge in [0.25, 0.3) is 0 Å². The largest absolute Gasteiger partial charge is 0.323 e. The van der Waals surface area contributed by atoms with Gasteiger partial charge in [-0.1, -0.05) is 19.8 Å². The van der Waals surface area contributed by atoms with E-state index in [1.165, 1.54) is 25.7 Å². The molecule has 3 rings (SSSR count). The number of amides is 1. The van der Waals surface area contributed by atoms with Gasteiger partial charge in [0, 0.05) is 6.04 Å². The third-order valence-electron chi connectivity index (χ3n) is 5.02. The molecule has 1 amide bonds. The van der Waals surface area contributed by atoms with Gasteiger partial charge in [0.15, 0.2) is 0 Å². The Labute approximate surface area is 104 Å². The van der Waals surface area contributed by atoms with E-state index in [2.05, 4.69) is 17.1 Å². The maximum atomic E-state index is 12.3. The van der Waals surface area contributed by atoms with Crippen molar-refractivity contribution in [2.24, 2.45) is 11.8 Å². The first-order valence-corrected chi connectivity index (χ1v) is 7.29. The molecule has 2 bridgehead atoms. The van der Waals surface area contributed by atoms with Gasteiger partial charge < -0.3 is 4.90 Å². The number of hydrogen-bond donors (Lipinski definition) is 1. The SMILES string of the molecule is CCCC1NC(C)C(=O)N1C1CC2CCC1C2. The third-order valence-corrected chi connectivity index (χ3v) is 5.02. The molecule has 0 spiro atoms. The molecule has 3 aliphatic rings. The summed E-state index contributed by atoms with van der Waals surface area (Å²) in [4.78, 5) is 14.5. The smallest absolute Gasteiger partial charge is 0.240 e. The predicted octanol–water partition coefficient (Wildman–Crippen LogP) is 2.12. The molecule has 1 saturated heterocycles. The Kier molecular flexibility index (Phi) is 2.89. The Morgan fingerprint density at radius 1 is 1.35 bits per heavy atom. The third kappa shape index (κ3) is 1.79. The minimum atomic E-state index is 0.0330. The topological polar surface area (TPSA) is 32.3 Å². The zero-order valence-electron chi connectivity index (χ0n) is 11.0. The number of rotatable bonds is 3. The van der Waals surface area contributed by atoms with Gasteiger partial charge in [-0.3, -0.25) is 10.1 Å². The van der Waals surface area contributed by atoms with Crippen LogP contribution in [0.15, 0.2) is 0 Å². The highest BCUT2D eigenvalue weighted by Crippen LogP contribution is 2.47. The summed E-state index contributed by atoms with van der Waals surface area (Å²) in [5.74, 6) is 2.06. The summed E-state index contributed by atoms with van der Waals surface area (Å²) in [7, 11) is 0. The van der Waals surface area contributed by atoms with Crippen molar-refractivity contribution in [3.05, 3.63) is 0 Å². The van der Waals surface area contributed by atoms with Crippen LogP contribution in [-0.2, 0) is 4.79 Å². The molecule has 2 saturated carbocycles. The molecule has 5 atom stereocenters. The van der Waals surface area contributed by atoms with Crippen LogP contribution in [0.5, 0.6) is 0 Å². The molecule has 1 aliphatic heterocycles. The van der Waals surface area contributed by atoms with E-state index in [9.17, 15) is 4.79 Å². The van der Waals surface area contributed by atoms with Gasteiger partial charge in [-0.2, -0.15) is 0 Å². The van der Waals surface area contributed by atoms with Gasteiger partial charge in [-0.05, 0) is 44.4 Å². The van der Waals surface area contributed by atoms with E-state index in [0.29, 0.717) is 18.1 Å². The summed E-state index contributed by atoms with van der Waals surface area (Å²) >= 11 is 0. The van der Waals surface area contributed by atoms with Crippen LogP contribution in [0.1, 0.15) is 52.4 Å². The van der Waals surface area contributed by atoms with Crippen molar-refractivity contribution < 1.29 is 4.79 Å². The van der Waals surface area contributed by atoms with E-state index in [0.717, 1.165) is 24.7 Å². The van der Waals surface area contributed by atoms with Crippen LogP contribution in [0.2, 0.25) is 0 Å². The van der Waals surface area contributed by atoms with Crippen LogP contribution < -0.4 is 5.32 Å². The lowest BCUT2D eigenvalue weighted by Crippen LogP contribution is -2.47. The Hall–Kier alpha value is -0.570. The highest BCUT2D eigenvalue weighted by Gasteiger charge is 2.48. The molecule has 1 N–H and O–H groups in total. The van der Waals surface area contributed by atoms with E-state index in [1.54, 1.807) is 0 Å². The second-order valence-electron chi connectivity index (χ2n) is 6.18. The van der Waals surface area contributed by atoms with Crippen LogP contribution in [0.25, 0.3) is 0 Å². The van der Waals surface area contributed by atoms with Crippen molar-refractivity contribution in [3.8, 4) is 0 Å². The molecule has 17 heavy (non-hydrogen) atoms. The second kappa shape index (κ2) is 4.27. The average Bonchev–Trinajstić information content (AvgIpc) is 2.96. The number of nitrogens with one attached hydrogen (secondary N) is 1. The first-order valence-electron chi connectivity index (χ1n) is 7.29. The molecule has 2 aliphatic carbocycles. The quantitative estimate of drug-likeness (QED) is 0.814. The molecule has 0 aromatic carbocycles. The van der Waals surface area contributed by atoms with Gasteiger partial charge in [0.2, 0.25) is 5.91 Å². The summed E-state index contributed by atoms with van der Waals surface area (Å²) < 4.78 is 0. The monoisotopic (exact) mass is 236 g/mol. The molecule has 3 nitrogen and oxygen atoms in total. The second-order valence-corrected chi connectivity index (χ2v) is 6.18. The standard InChI is InChI=1S/C14H24N2O/c1-3-4-13-15-9(2)14(17)16(13)12-8-10-5-6-11(12)7-10/h9-13,15H,3-8H2,1-2H3. The predicted molar refractivity (Wildman–Crippen MR) is 67.4 cm³/mol. The van der Waals surface area contributed by atoms with Gasteiger partial charge in [-0.25, -0.2) is 0 Å². The highest BCUT2D eigenvalue weighted by atomic mass is 16.2. The van der Waals surface area contributed by atoms with Gasteiger partial charge in [-0.15, -0.1) is 0 Å². The van der Waals surface area contributed by atoms with Crippen LogP contribution in [-0.4, -0.2) is 29.1 Å². The Bertz CT molecular complexity index is 317. The molecule has 0 aromatic rings. The normalized spacial score (nSPS) is 44.9. The Morgan fingerprint density at radius 2 is 2.18 bits per heavy atom. The first-order chi connectivity index (χ1) is 8.20. The summed E-state index contributed by atoms with van der Waals surface area (Å²) in [5, 5.41) is 3.47. The summed E-state index contributed by atoms with van der Waals surface area (Å²) in [6.07, 6.45) is 7.97. The minimum Gasteiger partial charge on any atom is -0.323 e. The van der Waals surface area contributed by atoms with E-state index in [-0.39, 0.29) is 6.04 Å². The molecule has 96 valence electrons. The van der Waals surface area contributed by atoms with E-state index in [4.69, 9.17) is 0 Å². The van der Waals surface area contributed by atoms with Gasteiger partial charge in [0.05, 0.1) is 12.2 Å². The molecular formula is C14H24N2O. The highest BCUT2D eigenvalue weighted by molar-refractivity contribution is 5.84. The van der Waals surface area contributed by atoms with Crippen LogP contribution in [0.4, 0.5) is 0 Å². The van der Waals surface area contributed by atoms with E-state index < -0.39 is 0 Å². The first kappa shape index (κ1) is 11.5. The Balaban J connectivity index is 1.77. The Morgan fingerprint density at radius 3 is 2.76 bits per heavy atom. The maximum absolute atomic E-state index is 12.3. The molecule has 3 heteroatoms. The fourth-order valence-corrected chi connectivity index (χ4v) is 4.26. The van der Waals surface area contributed by atoms with Crippen LogP contribution in [0.3, 0.4) is 0 Å². The van der Waals surface area contributed by atoms with Gasteiger partial charge in [0.1, 0.15) is 0 Å². The van der Waals surface area contributed by atoms with Crippen molar-refractivity contribution in [2.75, 3.05) is 0 Å². The van der Waals surface area contributed by atoms with E-state index >= 15 is 0 Å². The minimum absolute atomic E-state index is 0.0330. The molecule has 0 radical (unpaired) electrons.